The van der Waals surface area contributed by atoms with Gasteiger partial charge in [0.1, 0.15) is 5.82 Å². The summed E-state index contributed by atoms with van der Waals surface area (Å²) in [5.74, 6) is 1.10. The summed E-state index contributed by atoms with van der Waals surface area (Å²) in [4.78, 5) is 15.3. The first-order valence-electron chi connectivity index (χ1n) is 8.65. The molecule has 3 aromatic rings. The van der Waals surface area contributed by atoms with Gasteiger partial charge in [-0.3, -0.25) is 4.79 Å². The maximum Gasteiger partial charge on any atom is 0.194 e. The predicted octanol–water partition coefficient (Wildman–Crippen LogP) is 3.82. The van der Waals surface area contributed by atoms with Crippen molar-refractivity contribution in [1.82, 2.24) is 4.57 Å². The van der Waals surface area contributed by atoms with Crippen LogP contribution in [0.5, 0.6) is 0 Å². The fraction of sp³-hybridized carbons (Fsp3) is 0.286. The average molecular weight is 318 g/mol. The molecule has 4 rings (SSSR count). The molecular formula is C21H22N2O. The highest BCUT2D eigenvalue weighted by atomic mass is 16.1. The third-order valence-electron chi connectivity index (χ3n) is 4.95. The molecule has 1 aliphatic heterocycles. The number of anilines is 1. The first kappa shape index (κ1) is 15.0. The Hall–Kier alpha value is -2.55. The van der Waals surface area contributed by atoms with Crippen LogP contribution in [0.15, 0.2) is 59.4 Å². The lowest BCUT2D eigenvalue weighted by Gasteiger charge is -2.26. The van der Waals surface area contributed by atoms with Crippen molar-refractivity contribution in [2.24, 2.45) is 0 Å². The van der Waals surface area contributed by atoms with E-state index in [-0.39, 0.29) is 5.43 Å². The summed E-state index contributed by atoms with van der Waals surface area (Å²) >= 11 is 0. The van der Waals surface area contributed by atoms with E-state index in [2.05, 4.69) is 46.8 Å². The highest BCUT2D eigenvalue weighted by Gasteiger charge is 2.21. The Morgan fingerprint density at radius 3 is 2.54 bits per heavy atom. The van der Waals surface area contributed by atoms with E-state index in [1.165, 1.54) is 5.56 Å². The van der Waals surface area contributed by atoms with Gasteiger partial charge in [0.2, 0.25) is 0 Å². The van der Waals surface area contributed by atoms with Crippen molar-refractivity contribution >= 4 is 16.7 Å². The van der Waals surface area contributed by atoms with Crippen LogP contribution in [0.25, 0.3) is 10.9 Å². The number of rotatable bonds is 2. The van der Waals surface area contributed by atoms with Crippen LogP contribution in [0, 0.1) is 0 Å². The largest absolute Gasteiger partial charge is 0.361 e. The molecule has 0 N–H and O–H groups in total. The van der Waals surface area contributed by atoms with Crippen LogP contribution < -0.4 is 10.3 Å². The topological polar surface area (TPSA) is 25.2 Å². The first-order chi connectivity index (χ1) is 11.8. The second-order valence-corrected chi connectivity index (χ2v) is 6.60. The van der Waals surface area contributed by atoms with Crippen molar-refractivity contribution in [3.05, 3.63) is 75.9 Å². The van der Waals surface area contributed by atoms with Gasteiger partial charge < -0.3 is 9.47 Å². The van der Waals surface area contributed by atoms with Gasteiger partial charge in [-0.25, -0.2) is 0 Å². The van der Waals surface area contributed by atoms with Crippen molar-refractivity contribution in [2.75, 3.05) is 18.5 Å². The summed E-state index contributed by atoms with van der Waals surface area (Å²) in [7, 11) is 2.11. The molecule has 2 heterocycles. The quantitative estimate of drug-likeness (QED) is 0.717. The molecule has 0 atom stereocenters. The Kier molecular flexibility index (Phi) is 3.85. The number of nitrogens with zero attached hydrogens (tertiary/aromatic N) is 2. The van der Waals surface area contributed by atoms with Crippen LogP contribution >= 0.6 is 0 Å². The van der Waals surface area contributed by atoms with Crippen LogP contribution in [0.3, 0.4) is 0 Å². The predicted molar refractivity (Wildman–Crippen MR) is 100.0 cm³/mol. The Labute approximate surface area is 142 Å². The number of hydrogen-bond donors (Lipinski definition) is 0. The maximum atomic E-state index is 13.0. The minimum absolute atomic E-state index is 0.207. The molecular weight excluding hydrogens is 296 g/mol. The Balaban J connectivity index is 2.02. The van der Waals surface area contributed by atoms with Gasteiger partial charge in [0, 0.05) is 31.1 Å². The molecule has 122 valence electrons. The molecule has 0 saturated heterocycles. The summed E-state index contributed by atoms with van der Waals surface area (Å²) in [5.41, 5.74) is 3.47. The van der Waals surface area contributed by atoms with Crippen molar-refractivity contribution < 1.29 is 0 Å². The van der Waals surface area contributed by atoms with Gasteiger partial charge >= 0.3 is 0 Å². The number of benzene rings is 2. The van der Waals surface area contributed by atoms with Crippen molar-refractivity contribution in [3.8, 4) is 0 Å². The second kappa shape index (κ2) is 6.16. The molecule has 0 saturated carbocycles. The van der Waals surface area contributed by atoms with E-state index in [1.54, 1.807) is 0 Å². The molecule has 2 aromatic carbocycles. The molecule has 0 amide bonds. The summed E-state index contributed by atoms with van der Waals surface area (Å²) in [6.45, 7) is 1.79. The molecule has 0 aliphatic carbocycles. The second-order valence-electron chi connectivity index (χ2n) is 6.60. The minimum atomic E-state index is 0.207. The smallest absolute Gasteiger partial charge is 0.194 e. The third kappa shape index (κ3) is 2.50. The van der Waals surface area contributed by atoms with E-state index < -0.39 is 0 Å². The molecule has 0 bridgehead atoms. The number of aromatic nitrogens is 1. The highest BCUT2D eigenvalue weighted by molar-refractivity contribution is 5.83. The number of para-hydroxylation sites is 1. The van der Waals surface area contributed by atoms with Gasteiger partial charge in [0.15, 0.2) is 5.43 Å². The average Bonchev–Trinajstić information content (AvgIpc) is 2.81. The van der Waals surface area contributed by atoms with Crippen LogP contribution in [0.4, 0.5) is 5.82 Å². The molecule has 1 aromatic heterocycles. The highest BCUT2D eigenvalue weighted by Crippen LogP contribution is 2.28. The lowest BCUT2D eigenvalue weighted by atomic mass is 10.1. The number of hydrogen-bond acceptors (Lipinski definition) is 2. The van der Waals surface area contributed by atoms with Crippen molar-refractivity contribution in [2.45, 2.75) is 25.8 Å². The first-order valence-corrected chi connectivity index (χ1v) is 8.65. The summed E-state index contributed by atoms with van der Waals surface area (Å²) < 4.78 is 2.33. The van der Waals surface area contributed by atoms with Crippen molar-refractivity contribution in [1.29, 1.82) is 0 Å². The van der Waals surface area contributed by atoms with Crippen LogP contribution in [0.1, 0.15) is 24.0 Å². The zero-order chi connectivity index (χ0) is 16.5. The van der Waals surface area contributed by atoms with Gasteiger partial charge in [-0.2, -0.15) is 0 Å². The molecule has 3 nitrogen and oxygen atoms in total. The molecule has 3 heteroatoms. The van der Waals surface area contributed by atoms with Crippen molar-refractivity contribution in [3.63, 3.8) is 0 Å². The molecule has 0 fully saturated rings. The van der Waals surface area contributed by atoms with Gasteiger partial charge in [-0.05, 0) is 37.0 Å². The minimum Gasteiger partial charge on any atom is -0.361 e. The van der Waals surface area contributed by atoms with E-state index in [0.717, 1.165) is 54.6 Å². The Bertz CT molecular complexity index is 928. The Morgan fingerprint density at radius 2 is 1.71 bits per heavy atom. The van der Waals surface area contributed by atoms with Gasteiger partial charge in [0.25, 0.3) is 0 Å². The molecule has 0 radical (unpaired) electrons. The van der Waals surface area contributed by atoms with Gasteiger partial charge in [0.05, 0.1) is 5.52 Å². The molecule has 0 unspecified atom stereocenters. The van der Waals surface area contributed by atoms with E-state index in [0.29, 0.717) is 0 Å². The lowest BCUT2D eigenvalue weighted by molar-refractivity contribution is 0.736. The number of pyridine rings is 1. The van der Waals surface area contributed by atoms with Crippen LogP contribution in [-0.2, 0) is 13.0 Å². The zero-order valence-electron chi connectivity index (χ0n) is 14.0. The summed E-state index contributed by atoms with van der Waals surface area (Å²) in [6.07, 6.45) is 3.08. The fourth-order valence-corrected chi connectivity index (χ4v) is 3.79. The van der Waals surface area contributed by atoms with E-state index >= 15 is 0 Å². The summed E-state index contributed by atoms with van der Waals surface area (Å²) in [6, 6.07) is 18.5. The summed E-state index contributed by atoms with van der Waals surface area (Å²) in [5, 5.41) is 0.836. The monoisotopic (exact) mass is 318 g/mol. The molecule has 0 spiro atoms. The van der Waals surface area contributed by atoms with Crippen LogP contribution in [0.2, 0.25) is 0 Å². The Morgan fingerprint density at radius 1 is 0.958 bits per heavy atom. The molecule has 24 heavy (non-hydrogen) atoms. The zero-order valence-corrected chi connectivity index (χ0v) is 14.0. The maximum absolute atomic E-state index is 13.0. The SMILES string of the molecule is CN1CCCCc2c1n(Cc1ccccc1)c1ccccc1c2=O. The van der Waals surface area contributed by atoms with Gasteiger partial charge in [-0.15, -0.1) is 0 Å². The third-order valence-corrected chi connectivity index (χ3v) is 4.95. The van der Waals surface area contributed by atoms with Crippen LogP contribution in [-0.4, -0.2) is 18.2 Å². The van der Waals surface area contributed by atoms with E-state index in [1.807, 2.05) is 24.3 Å². The molecule has 1 aliphatic rings. The normalized spacial score (nSPS) is 14.5. The van der Waals surface area contributed by atoms with E-state index in [4.69, 9.17) is 0 Å². The number of fused-ring (bicyclic) bond motifs is 2. The standard InChI is InChI=1S/C21H22N2O/c1-22-14-8-7-12-18-20(24)17-11-5-6-13-19(17)23(21(18)22)15-16-9-3-2-4-10-16/h2-6,9-11,13H,7-8,12,14-15H2,1H3. The fourth-order valence-electron chi connectivity index (χ4n) is 3.79. The lowest BCUT2D eigenvalue weighted by Crippen LogP contribution is -2.27. The van der Waals surface area contributed by atoms with Gasteiger partial charge in [-0.1, -0.05) is 42.5 Å². The van der Waals surface area contributed by atoms with E-state index in [9.17, 15) is 4.79 Å².